The fraction of sp³-hybridized carbons (Fsp3) is 0.846. The van der Waals surface area contributed by atoms with Gasteiger partial charge in [0.1, 0.15) is 0 Å². The molecule has 0 aliphatic heterocycles. The van der Waals surface area contributed by atoms with Crippen LogP contribution in [0.4, 0.5) is 0 Å². The van der Waals surface area contributed by atoms with Gasteiger partial charge in [0.25, 0.3) is 0 Å². The Morgan fingerprint density at radius 3 is 2.42 bits per heavy atom. The van der Waals surface area contributed by atoms with Crippen molar-refractivity contribution >= 4 is 11.8 Å². The van der Waals surface area contributed by atoms with E-state index in [4.69, 9.17) is 0 Å². The summed E-state index contributed by atoms with van der Waals surface area (Å²) in [6, 6.07) is -0.360. The quantitative estimate of drug-likeness (QED) is 0.442. The average molecular weight is 273 g/mol. The van der Waals surface area contributed by atoms with Crippen LogP contribution >= 0.6 is 0 Å². The Bertz CT molecular complexity index is 272. The van der Waals surface area contributed by atoms with Crippen LogP contribution in [-0.2, 0) is 9.59 Å². The average Bonchev–Trinajstić information content (AvgIpc) is 2.42. The van der Waals surface area contributed by atoms with Crippen LogP contribution in [0.25, 0.3) is 0 Å². The zero-order chi connectivity index (χ0) is 14.7. The van der Waals surface area contributed by atoms with Crippen molar-refractivity contribution in [1.29, 1.82) is 0 Å². The molecule has 0 saturated heterocycles. The summed E-state index contributed by atoms with van der Waals surface area (Å²) in [5.41, 5.74) is 0. The number of aliphatic hydroxyl groups is 1. The van der Waals surface area contributed by atoms with Gasteiger partial charge in [-0.05, 0) is 19.9 Å². The van der Waals surface area contributed by atoms with Crippen molar-refractivity contribution in [3.8, 4) is 0 Å². The topological polar surface area (TPSA) is 90.5 Å². The first-order valence-electron chi connectivity index (χ1n) is 6.88. The molecule has 0 bridgehead atoms. The number of likely N-dealkylation sites (N-methyl/N-ethyl adjacent to an activating group) is 2. The van der Waals surface area contributed by atoms with Crippen LogP contribution in [-0.4, -0.2) is 49.7 Å². The van der Waals surface area contributed by atoms with Gasteiger partial charge < -0.3 is 21.1 Å². The molecule has 0 saturated carbocycles. The highest BCUT2D eigenvalue weighted by Crippen LogP contribution is 2.00. The lowest BCUT2D eigenvalue weighted by Gasteiger charge is -2.15. The smallest absolute Gasteiger partial charge is 0.236 e. The number of amides is 2. The van der Waals surface area contributed by atoms with Crippen molar-refractivity contribution < 1.29 is 14.7 Å². The maximum Gasteiger partial charge on any atom is 0.236 e. The van der Waals surface area contributed by atoms with Crippen molar-refractivity contribution in [1.82, 2.24) is 16.0 Å². The number of hydrogen-bond acceptors (Lipinski definition) is 4. The van der Waals surface area contributed by atoms with Crippen molar-refractivity contribution in [3.05, 3.63) is 0 Å². The molecule has 6 heteroatoms. The van der Waals surface area contributed by atoms with Gasteiger partial charge in [-0.25, -0.2) is 0 Å². The van der Waals surface area contributed by atoms with Crippen LogP contribution in [0.1, 0.15) is 39.0 Å². The number of unbranched alkanes of at least 4 members (excludes halogenated alkanes) is 1. The van der Waals surface area contributed by atoms with Crippen LogP contribution in [0, 0.1) is 0 Å². The molecule has 19 heavy (non-hydrogen) atoms. The molecule has 0 aliphatic carbocycles. The third-order valence-electron chi connectivity index (χ3n) is 3.00. The van der Waals surface area contributed by atoms with E-state index in [9.17, 15) is 14.7 Å². The van der Waals surface area contributed by atoms with Crippen LogP contribution in [0.5, 0.6) is 0 Å². The van der Waals surface area contributed by atoms with Crippen LogP contribution in [0.15, 0.2) is 0 Å². The Hall–Kier alpha value is -1.14. The predicted octanol–water partition coefficient (Wildman–Crippen LogP) is -0.232. The molecule has 112 valence electrons. The molecule has 2 amide bonds. The molecule has 0 aromatic carbocycles. The summed E-state index contributed by atoms with van der Waals surface area (Å²) in [7, 11) is 3.25. The second-order valence-electron chi connectivity index (χ2n) is 4.59. The second-order valence-corrected chi connectivity index (χ2v) is 4.59. The number of carbonyl (C=O) groups excluding carboxylic acids is 2. The van der Waals surface area contributed by atoms with Gasteiger partial charge >= 0.3 is 0 Å². The summed E-state index contributed by atoms with van der Waals surface area (Å²) in [5.74, 6) is -0.266. The van der Waals surface area contributed by atoms with E-state index in [1.54, 1.807) is 14.1 Å². The maximum absolute atomic E-state index is 11.6. The van der Waals surface area contributed by atoms with Gasteiger partial charge in [-0.3, -0.25) is 9.59 Å². The Morgan fingerprint density at radius 1 is 1.21 bits per heavy atom. The van der Waals surface area contributed by atoms with E-state index in [-0.39, 0.29) is 30.8 Å². The van der Waals surface area contributed by atoms with Crippen LogP contribution < -0.4 is 16.0 Å². The van der Waals surface area contributed by atoms with Crippen LogP contribution in [0.2, 0.25) is 0 Å². The van der Waals surface area contributed by atoms with Crippen molar-refractivity contribution in [2.75, 3.05) is 20.6 Å². The molecule has 6 nitrogen and oxygen atoms in total. The van der Waals surface area contributed by atoms with Gasteiger partial charge in [-0.15, -0.1) is 0 Å². The van der Waals surface area contributed by atoms with Crippen molar-refractivity contribution in [3.63, 3.8) is 0 Å². The second kappa shape index (κ2) is 10.8. The third kappa shape index (κ3) is 8.56. The van der Waals surface area contributed by atoms with E-state index in [0.717, 1.165) is 12.8 Å². The molecule has 0 aromatic heterocycles. The Kier molecular flexibility index (Phi) is 10.1. The molecule has 2 atom stereocenters. The van der Waals surface area contributed by atoms with E-state index in [1.807, 2.05) is 0 Å². The van der Waals surface area contributed by atoms with E-state index >= 15 is 0 Å². The van der Waals surface area contributed by atoms with Gasteiger partial charge in [-0.2, -0.15) is 0 Å². The lowest BCUT2D eigenvalue weighted by atomic mass is 10.1. The molecule has 0 aliphatic rings. The molecule has 0 radical (unpaired) electrons. The maximum atomic E-state index is 11.6. The molecular formula is C13H27N3O3. The zero-order valence-electron chi connectivity index (χ0n) is 12.2. The monoisotopic (exact) mass is 273 g/mol. The van der Waals surface area contributed by atoms with E-state index in [0.29, 0.717) is 12.8 Å². The standard InChI is InChI=1S/C13H27N3O3/c1-4-5-6-10(17)9-16-12(18)8-7-11(14-2)13(19)15-3/h10-11,14,17H,4-9H2,1-3H3,(H,15,19)(H,16,18). The highest BCUT2D eigenvalue weighted by Gasteiger charge is 2.16. The molecule has 4 N–H and O–H groups in total. The highest BCUT2D eigenvalue weighted by atomic mass is 16.3. The molecule has 0 rings (SSSR count). The van der Waals surface area contributed by atoms with Crippen LogP contribution in [0.3, 0.4) is 0 Å². The number of rotatable bonds is 10. The molecule has 0 heterocycles. The van der Waals surface area contributed by atoms with E-state index < -0.39 is 6.10 Å². The zero-order valence-corrected chi connectivity index (χ0v) is 12.2. The lowest BCUT2D eigenvalue weighted by Crippen LogP contribution is -2.42. The van der Waals surface area contributed by atoms with Crippen molar-refractivity contribution in [2.45, 2.75) is 51.2 Å². The molecule has 0 aromatic rings. The first kappa shape index (κ1) is 17.9. The fourth-order valence-electron chi connectivity index (χ4n) is 1.72. The number of carbonyl (C=O) groups is 2. The molecule has 0 fully saturated rings. The first-order chi connectivity index (χ1) is 9.04. The van der Waals surface area contributed by atoms with Gasteiger partial charge in [0.15, 0.2) is 0 Å². The molecule has 0 spiro atoms. The number of hydrogen-bond donors (Lipinski definition) is 4. The largest absolute Gasteiger partial charge is 0.391 e. The summed E-state index contributed by atoms with van der Waals surface area (Å²) < 4.78 is 0. The SMILES string of the molecule is CCCCC(O)CNC(=O)CCC(NC)C(=O)NC. The van der Waals surface area contributed by atoms with E-state index in [1.165, 1.54) is 0 Å². The molecule has 2 unspecified atom stereocenters. The normalized spacial score (nSPS) is 13.7. The fourth-order valence-corrected chi connectivity index (χ4v) is 1.72. The first-order valence-corrected chi connectivity index (χ1v) is 6.88. The van der Waals surface area contributed by atoms with Gasteiger partial charge in [0, 0.05) is 20.0 Å². The minimum absolute atomic E-state index is 0.127. The third-order valence-corrected chi connectivity index (χ3v) is 3.00. The van der Waals surface area contributed by atoms with Gasteiger partial charge in [0.2, 0.25) is 11.8 Å². The van der Waals surface area contributed by atoms with Crippen molar-refractivity contribution in [2.24, 2.45) is 0 Å². The predicted molar refractivity (Wildman–Crippen MR) is 74.7 cm³/mol. The Balaban J connectivity index is 3.82. The van der Waals surface area contributed by atoms with Gasteiger partial charge in [0.05, 0.1) is 12.1 Å². The van der Waals surface area contributed by atoms with E-state index in [2.05, 4.69) is 22.9 Å². The number of nitrogens with one attached hydrogen (secondary N) is 3. The summed E-state index contributed by atoms with van der Waals surface area (Å²) in [6.07, 6.45) is 2.90. The summed E-state index contributed by atoms with van der Waals surface area (Å²) in [4.78, 5) is 23.0. The summed E-state index contributed by atoms with van der Waals surface area (Å²) in [6.45, 7) is 2.34. The highest BCUT2D eigenvalue weighted by molar-refractivity contribution is 5.82. The minimum Gasteiger partial charge on any atom is -0.391 e. The summed E-state index contributed by atoms with van der Waals surface area (Å²) in [5, 5.41) is 17.7. The summed E-state index contributed by atoms with van der Waals surface area (Å²) >= 11 is 0. The molecular weight excluding hydrogens is 246 g/mol. The lowest BCUT2D eigenvalue weighted by molar-refractivity contribution is -0.123. The Labute approximate surface area is 115 Å². The number of aliphatic hydroxyl groups excluding tert-OH is 1. The Morgan fingerprint density at radius 2 is 1.89 bits per heavy atom. The van der Waals surface area contributed by atoms with Gasteiger partial charge in [-0.1, -0.05) is 19.8 Å². The minimum atomic E-state index is -0.483.